The predicted molar refractivity (Wildman–Crippen MR) is 88.1 cm³/mol. The first-order valence-electron chi connectivity index (χ1n) is 7.59. The average molecular weight is 283 g/mol. The molecule has 0 radical (unpaired) electrons. The summed E-state index contributed by atoms with van der Waals surface area (Å²) in [5.41, 5.74) is 3.69. The van der Waals surface area contributed by atoms with E-state index in [0.29, 0.717) is 0 Å². The molecule has 3 nitrogen and oxygen atoms in total. The molecule has 0 bridgehead atoms. The molecule has 112 valence electrons. The van der Waals surface area contributed by atoms with Crippen molar-refractivity contribution in [1.82, 2.24) is 15.2 Å². The van der Waals surface area contributed by atoms with Gasteiger partial charge in [-0.1, -0.05) is 36.4 Å². The zero-order valence-electron chi connectivity index (χ0n) is 13.0. The number of benzene rings is 1. The van der Waals surface area contributed by atoms with Gasteiger partial charge in [-0.25, -0.2) is 0 Å². The molecule has 0 spiro atoms. The standard InChI is InChI=1S/C18H25N3/c1-16-9-10-18(20-13-16)14-19-11-6-12-21(2)15-17-7-4-3-5-8-17/h3-5,7-10,13,19H,6,11-12,14-15H2,1-2H3. The van der Waals surface area contributed by atoms with E-state index in [-0.39, 0.29) is 0 Å². The monoisotopic (exact) mass is 283 g/mol. The first-order chi connectivity index (χ1) is 10.2. The average Bonchev–Trinajstić information content (AvgIpc) is 2.50. The quantitative estimate of drug-likeness (QED) is 0.755. The van der Waals surface area contributed by atoms with Crippen LogP contribution in [-0.4, -0.2) is 30.0 Å². The molecule has 0 fully saturated rings. The Kier molecular flexibility index (Phi) is 6.38. The third-order valence-corrected chi connectivity index (χ3v) is 3.47. The molecular formula is C18H25N3. The molecule has 0 amide bonds. The summed E-state index contributed by atoms with van der Waals surface area (Å²) in [5, 5.41) is 3.45. The van der Waals surface area contributed by atoms with E-state index in [2.05, 4.69) is 71.6 Å². The van der Waals surface area contributed by atoms with E-state index in [0.717, 1.165) is 38.3 Å². The van der Waals surface area contributed by atoms with Crippen LogP contribution in [0.5, 0.6) is 0 Å². The molecule has 1 heterocycles. The number of hydrogen-bond donors (Lipinski definition) is 1. The lowest BCUT2D eigenvalue weighted by molar-refractivity contribution is 0.319. The maximum Gasteiger partial charge on any atom is 0.0541 e. The van der Waals surface area contributed by atoms with Gasteiger partial charge >= 0.3 is 0 Å². The van der Waals surface area contributed by atoms with Gasteiger partial charge in [0.05, 0.1) is 5.69 Å². The predicted octanol–water partition coefficient (Wildman–Crippen LogP) is 3.00. The van der Waals surface area contributed by atoms with Gasteiger partial charge in [0, 0.05) is 19.3 Å². The summed E-state index contributed by atoms with van der Waals surface area (Å²) in [4.78, 5) is 6.76. The van der Waals surface area contributed by atoms with Crippen molar-refractivity contribution in [2.45, 2.75) is 26.4 Å². The fourth-order valence-corrected chi connectivity index (χ4v) is 2.27. The lowest BCUT2D eigenvalue weighted by Gasteiger charge is -2.16. The molecule has 2 aromatic rings. The van der Waals surface area contributed by atoms with Crippen molar-refractivity contribution in [1.29, 1.82) is 0 Å². The highest BCUT2D eigenvalue weighted by Gasteiger charge is 2.00. The summed E-state index contributed by atoms with van der Waals surface area (Å²) in [5.74, 6) is 0. The van der Waals surface area contributed by atoms with Crippen molar-refractivity contribution >= 4 is 0 Å². The molecule has 0 aliphatic carbocycles. The maximum atomic E-state index is 4.39. The van der Waals surface area contributed by atoms with Gasteiger partial charge in [-0.2, -0.15) is 0 Å². The summed E-state index contributed by atoms with van der Waals surface area (Å²) >= 11 is 0. The Hall–Kier alpha value is -1.71. The number of aromatic nitrogens is 1. The SMILES string of the molecule is Cc1ccc(CNCCCN(C)Cc2ccccc2)nc1. The van der Waals surface area contributed by atoms with E-state index in [1.54, 1.807) is 0 Å². The number of hydrogen-bond acceptors (Lipinski definition) is 3. The fourth-order valence-electron chi connectivity index (χ4n) is 2.27. The minimum Gasteiger partial charge on any atom is -0.311 e. The van der Waals surface area contributed by atoms with Crippen molar-refractivity contribution in [3.8, 4) is 0 Å². The number of rotatable bonds is 8. The molecule has 21 heavy (non-hydrogen) atoms. The van der Waals surface area contributed by atoms with E-state index in [1.165, 1.54) is 11.1 Å². The van der Waals surface area contributed by atoms with Crippen LogP contribution in [0.25, 0.3) is 0 Å². The van der Waals surface area contributed by atoms with Gasteiger partial charge in [0.2, 0.25) is 0 Å². The van der Waals surface area contributed by atoms with E-state index in [1.807, 2.05) is 6.20 Å². The molecule has 2 rings (SSSR count). The molecule has 0 saturated carbocycles. The van der Waals surface area contributed by atoms with Gasteiger partial charge < -0.3 is 10.2 Å². The van der Waals surface area contributed by atoms with E-state index < -0.39 is 0 Å². The van der Waals surface area contributed by atoms with Crippen molar-refractivity contribution in [3.63, 3.8) is 0 Å². The van der Waals surface area contributed by atoms with Crippen LogP contribution in [0, 0.1) is 6.92 Å². The molecule has 0 saturated heterocycles. The highest BCUT2D eigenvalue weighted by atomic mass is 15.1. The lowest BCUT2D eigenvalue weighted by Crippen LogP contribution is -2.24. The molecule has 1 aromatic carbocycles. The van der Waals surface area contributed by atoms with Crippen LogP contribution >= 0.6 is 0 Å². The minimum absolute atomic E-state index is 0.850. The van der Waals surface area contributed by atoms with Crippen LogP contribution in [0.1, 0.15) is 23.2 Å². The Bertz CT molecular complexity index is 508. The van der Waals surface area contributed by atoms with Gasteiger partial charge in [-0.05, 0) is 50.7 Å². The molecule has 3 heteroatoms. The molecule has 1 N–H and O–H groups in total. The first-order valence-corrected chi connectivity index (χ1v) is 7.59. The second-order valence-corrected chi connectivity index (χ2v) is 5.58. The molecule has 0 atom stereocenters. The Balaban J connectivity index is 1.58. The van der Waals surface area contributed by atoms with Crippen LogP contribution in [0.2, 0.25) is 0 Å². The van der Waals surface area contributed by atoms with Gasteiger partial charge in [-0.15, -0.1) is 0 Å². The molecular weight excluding hydrogens is 258 g/mol. The van der Waals surface area contributed by atoms with Crippen molar-refractivity contribution in [3.05, 3.63) is 65.5 Å². The highest BCUT2D eigenvalue weighted by Crippen LogP contribution is 2.03. The summed E-state index contributed by atoms with van der Waals surface area (Å²) < 4.78 is 0. The Labute approximate surface area is 128 Å². The van der Waals surface area contributed by atoms with Gasteiger partial charge in [-0.3, -0.25) is 4.98 Å². The van der Waals surface area contributed by atoms with E-state index in [4.69, 9.17) is 0 Å². The second-order valence-electron chi connectivity index (χ2n) is 5.58. The van der Waals surface area contributed by atoms with Crippen LogP contribution in [-0.2, 0) is 13.1 Å². The van der Waals surface area contributed by atoms with Gasteiger partial charge in [0.15, 0.2) is 0 Å². The first kappa shape index (κ1) is 15.7. The summed E-state index contributed by atoms with van der Waals surface area (Å²) in [6, 6.07) is 14.8. The number of nitrogens with one attached hydrogen (secondary N) is 1. The van der Waals surface area contributed by atoms with Crippen LogP contribution in [0.4, 0.5) is 0 Å². The van der Waals surface area contributed by atoms with E-state index in [9.17, 15) is 0 Å². The molecule has 1 aromatic heterocycles. The smallest absolute Gasteiger partial charge is 0.0541 e. The highest BCUT2D eigenvalue weighted by molar-refractivity contribution is 5.14. The molecule has 0 aliphatic heterocycles. The lowest BCUT2D eigenvalue weighted by atomic mass is 10.2. The van der Waals surface area contributed by atoms with E-state index >= 15 is 0 Å². The second kappa shape index (κ2) is 8.55. The Morgan fingerprint density at radius 2 is 1.90 bits per heavy atom. The topological polar surface area (TPSA) is 28.2 Å². The minimum atomic E-state index is 0.850. The zero-order valence-corrected chi connectivity index (χ0v) is 13.0. The summed E-state index contributed by atoms with van der Waals surface area (Å²) in [6.45, 7) is 6.05. The van der Waals surface area contributed by atoms with Gasteiger partial charge in [0.1, 0.15) is 0 Å². The summed E-state index contributed by atoms with van der Waals surface area (Å²) in [6.07, 6.45) is 3.07. The van der Waals surface area contributed by atoms with Gasteiger partial charge in [0.25, 0.3) is 0 Å². The van der Waals surface area contributed by atoms with Crippen LogP contribution in [0.3, 0.4) is 0 Å². The summed E-state index contributed by atoms with van der Waals surface area (Å²) in [7, 11) is 2.18. The van der Waals surface area contributed by atoms with Crippen LogP contribution < -0.4 is 5.32 Å². The normalized spacial score (nSPS) is 11.0. The zero-order chi connectivity index (χ0) is 14.9. The van der Waals surface area contributed by atoms with Crippen molar-refractivity contribution in [2.24, 2.45) is 0 Å². The third kappa shape index (κ3) is 6.06. The van der Waals surface area contributed by atoms with Crippen molar-refractivity contribution < 1.29 is 0 Å². The third-order valence-electron chi connectivity index (χ3n) is 3.47. The number of aryl methyl sites for hydroxylation is 1. The Morgan fingerprint density at radius 3 is 2.62 bits per heavy atom. The Morgan fingerprint density at radius 1 is 1.10 bits per heavy atom. The fraction of sp³-hybridized carbons (Fsp3) is 0.389. The largest absolute Gasteiger partial charge is 0.311 e. The van der Waals surface area contributed by atoms with Crippen molar-refractivity contribution in [2.75, 3.05) is 20.1 Å². The number of nitrogens with zero attached hydrogens (tertiary/aromatic N) is 2. The molecule has 0 unspecified atom stereocenters. The molecule has 0 aliphatic rings. The van der Waals surface area contributed by atoms with Crippen LogP contribution in [0.15, 0.2) is 48.7 Å². The number of pyridine rings is 1. The maximum absolute atomic E-state index is 4.39.